The highest BCUT2D eigenvalue weighted by atomic mass is 28.4. The van der Waals surface area contributed by atoms with Crippen LogP contribution in [0.25, 0.3) is 0 Å². The molecule has 0 amide bonds. The van der Waals surface area contributed by atoms with Gasteiger partial charge in [0.15, 0.2) is 0 Å². The molecule has 3 heteroatoms. The van der Waals surface area contributed by atoms with Crippen molar-refractivity contribution in [3.8, 4) is 0 Å². The predicted octanol–water partition coefficient (Wildman–Crippen LogP) is 7.50. The molecule has 0 saturated carbocycles. The molecule has 0 bridgehead atoms. The first-order valence-electron chi connectivity index (χ1n) is 12.1. The number of hydrogen-bond acceptors (Lipinski definition) is 1. The Morgan fingerprint density at radius 2 is 1.55 bits per heavy atom. The Hall–Kier alpha value is -2.23. The number of benzene rings is 2. The summed E-state index contributed by atoms with van der Waals surface area (Å²) in [6.45, 7) is 13.6. The molecule has 0 radical (unpaired) electrons. The minimum atomic E-state index is -2.65. The van der Waals surface area contributed by atoms with E-state index in [1.165, 1.54) is 27.9 Å². The van der Waals surface area contributed by atoms with E-state index in [0.29, 0.717) is 0 Å². The first-order chi connectivity index (χ1) is 15.6. The van der Waals surface area contributed by atoms with Crippen LogP contribution in [0.4, 0.5) is 4.39 Å². The van der Waals surface area contributed by atoms with Crippen LogP contribution in [0, 0.1) is 5.41 Å². The Morgan fingerprint density at radius 1 is 1.00 bits per heavy atom. The maximum Gasteiger partial charge on any atom is 0.261 e. The summed E-state index contributed by atoms with van der Waals surface area (Å²) >= 11 is 0. The van der Waals surface area contributed by atoms with Gasteiger partial charge in [-0.2, -0.15) is 0 Å². The standard InChI is InChI=1S/C30H39FOSi/c1-24-14-13-22-30(5,6)28(24)20-19-25(31)21-23-32-33(29(2,3)4,26-15-9-7-10-16-26)27-17-11-8-12-18-27/h7-12,15-21H,13-14,22-23H2,1-6H3/b20-19+,25-21+. The second-order valence-corrected chi connectivity index (χ2v) is 15.1. The fourth-order valence-electron chi connectivity index (χ4n) is 5.25. The minimum Gasteiger partial charge on any atom is -0.404 e. The molecule has 2 aromatic carbocycles. The van der Waals surface area contributed by atoms with Crippen LogP contribution < -0.4 is 10.4 Å². The molecule has 0 saturated heterocycles. The summed E-state index contributed by atoms with van der Waals surface area (Å²) in [7, 11) is -2.65. The van der Waals surface area contributed by atoms with Crippen LogP contribution in [-0.4, -0.2) is 14.9 Å². The third kappa shape index (κ3) is 5.64. The summed E-state index contributed by atoms with van der Waals surface area (Å²) in [5.41, 5.74) is 2.74. The maximum atomic E-state index is 14.9. The van der Waals surface area contributed by atoms with E-state index in [1.54, 1.807) is 12.2 Å². The van der Waals surface area contributed by atoms with Gasteiger partial charge in [0.2, 0.25) is 0 Å². The van der Waals surface area contributed by atoms with Gasteiger partial charge in [-0.25, -0.2) is 4.39 Å². The molecule has 0 fully saturated rings. The SMILES string of the molecule is CC1=C(/C=C/C(F)=C\CO[Si](c2ccccc2)(c2ccccc2)C(C)(C)C)C(C)(C)CCC1. The van der Waals surface area contributed by atoms with Crippen molar-refractivity contribution in [3.63, 3.8) is 0 Å². The molecule has 0 heterocycles. The second kappa shape index (κ2) is 10.4. The van der Waals surface area contributed by atoms with E-state index in [1.807, 2.05) is 18.2 Å². The largest absolute Gasteiger partial charge is 0.404 e. The number of hydrogen-bond donors (Lipinski definition) is 0. The van der Waals surface area contributed by atoms with Crippen LogP contribution in [0.15, 0.2) is 95.9 Å². The van der Waals surface area contributed by atoms with Crippen LogP contribution in [0.2, 0.25) is 5.04 Å². The van der Waals surface area contributed by atoms with Crippen molar-refractivity contribution in [3.05, 3.63) is 95.9 Å². The molecule has 33 heavy (non-hydrogen) atoms. The molecule has 2 aromatic rings. The highest BCUT2D eigenvalue weighted by Crippen LogP contribution is 2.41. The zero-order valence-electron chi connectivity index (χ0n) is 21.1. The molecule has 0 atom stereocenters. The van der Waals surface area contributed by atoms with Crippen LogP contribution in [0.1, 0.15) is 60.8 Å². The summed E-state index contributed by atoms with van der Waals surface area (Å²) in [6.07, 6.45) is 8.63. The van der Waals surface area contributed by atoms with Crippen molar-refractivity contribution in [1.29, 1.82) is 0 Å². The van der Waals surface area contributed by atoms with E-state index in [-0.39, 0.29) is 22.9 Å². The molecular weight excluding hydrogens is 423 g/mol. The zero-order valence-corrected chi connectivity index (χ0v) is 22.1. The number of halogens is 1. The van der Waals surface area contributed by atoms with Crippen molar-refractivity contribution in [2.45, 2.75) is 65.8 Å². The van der Waals surface area contributed by atoms with Crippen LogP contribution in [0.3, 0.4) is 0 Å². The highest BCUT2D eigenvalue weighted by Gasteiger charge is 2.49. The van der Waals surface area contributed by atoms with Crippen molar-refractivity contribution in [2.75, 3.05) is 6.61 Å². The van der Waals surface area contributed by atoms with Crippen LogP contribution in [-0.2, 0) is 4.43 Å². The Bertz CT molecular complexity index is 971. The summed E-state index contributed by atoms with van der Waals surface area (Å²) in [5.74, 6) is -0.241. The van der Waals surface area contributed by atoms with Crippen molar-refractivity contribution in [1.82, 2.24) is 0 Å². The molecule has 1 aliphatic carbocycles. The van der Waals surface area contributed by atoms with E-state index in [2.05, 4.69) is 90.1 Å². The fourth-order valence-corrected chi connectivity index (χ4v) is 9.74. The average Bonchev–Trinajstić information content (AvgIpc) is 2.76. The van der Waals surface area contributed by atoms with E-state index in [4.69, 9.17) is 4.43 Å². The van der Waals surface area contributed by atoms with Gasteiger partial charge in [0.1, 0.15) is 5.83 Å². The molecule has 1 aliphatic rings. The summed E-state index contributed by atoms with van der Waals surface area (Å²) in [4.78, 5) is 0. The third-order valence-electron chi connectivity index (χ3n) is 6.95. The van der Waals surface area contributed by atoms with Gasteiger partial charge < -0.3 is 4.43 Å². The lowest BCUT2D eigenvalue weighted by Gasteiger charge is -2.42. The normalized spacial score (nSPS) is 17.6. The van der Waals surface area contributed by atoms with Crippen LogP contribution >= 0.6 is 0 Å². The zero-order chi connectivity index (χ0) is 24.1. The maximum absolute atomic E-state index is 14.9. The Labute approximate surface area is 201 Å². The molecule has 0 aliphatic heterocycles. The Kier molecular flexibility index (Phi) is 7.97. The molecular formula is C30H39FOSi. The third-order valence-corrected chi connectivity index (χ3v) is 12.0. The lowest BCUT2D eigenvalue weighted by molar-refractivity contribution is 0.336. The monoisotopic (exact) mass is 462 g/mol. The first-order valence-corrected chi connectivity index (χ1v) is 14.0. The number of rotatable bonds is 7. The molecule has 0 aromatic heterocycles. The second-order valence-electron chi connectivity index (χ2n) is 10.8. The molecule has 0 unspecified atom stereocenters. The molecule has 3 rings (SSSR count). The Balaban J connectivity index is 1.90. The topological polar surface area (TPSA) is 9.23 Å². The lowest BCUT2D eigenvalue weighted by atomic mass is 9.72. The van der Waals surface area contributed by atoms with Crippen molar-refractivity contribution >= 4 is 18.7 Å². The summed E-state index contributed by atoms with van der Waals surface area (Å²) in [6, 6.07) is 21.0. The molecule has 1 nitrogen and oxygen atoms in total. The van der Waals surface area contributed by atoms with E-state index in [9.17, 15) is 4.39 Å². The highest BCUT2D eigenvalue weighted by molar-refractivity contribution is 6.99. The Morgan fingerprint density at radius 3 is 2.03 bits per heavy atom. The molecule has 0 spiro atoms. The van der Waals surface area contributed by atoms with Crippen LogP contribution in [0.5, 0.6) is 0 Å². The molecule has 176 valence electrons. The van der Waals surface area contributed by atoms with Gasteiger partial charge in [-0.05, 0) is 64.7 Å². The van der Waals surface area contributed by atoms with E-state index >= 15 is 0 Å². The van der Waals surface area contributed by atoms with Gasteiger partial charge in [0, 0.05) is 0 Å². The van der Waals surface area contributed by atoms with E-state index in [0.717, 1.165) is 12.8 Å². The van der Waals surface area contributed by atoms with E-state index < -0.39 is 8.32 Å². The minimum absolute atomic E-state index is 0.102. The fraction of sp³-hybridized carbons (Fsp3) is 0.400. The smallest absolute Gasteiger partial charge is 0.261 e. The number of allylic oxidation sites excluding steroid dienone is 5. The van der Waals surface area contributed by atoms with Gasteiger partial charge in [0.25, 0.3) is 8.32 Å². The average molecular weight is 463 g/mol. The first kappa shape index (κ1) is 25.4. The summed E-state index contributed by atoms with van der Waals surface area (Å²) < 4.78 is 21.7. The van der Waals surface area contributed by atoms with Gasteiger partial charge in [-0.15, -0.1) is 0 Å². The lowest BCUT2D eigenvalue weighted by Crippen LogP contribution is -2.66. The van der Waals surface area contributed by atoms with Gasteiger partial charge in [-0.1, -0.05) is 107 Å². The predicted molar refractivity (Wildman–Crippen MR) is 142 cm³/mol. The van der Waals surface area contributed by atoms with Crippen molar-refractivity contribution < 1.29 is 8.82 Å². The van der Waals surface area contributed by atoms with Gasteiger partial charge in [0.05, 0.1) is 6.61 Å². The summed E-state index contributed by atoms with van der Waals surface area (Å²) in [5, 5.41) is 2.29. The van der Waals surface area contributed by atoms with Gasteiger partial charge in [-0.3, -0.25) is 0 Å². The van der Waals surface area contributed by atoms with Crippen molar-refractivity contribution in [2.24, 2.45) is 5.41 Å². The molecule has 0 N–H and O–H groups in total. The van der Waals surface area contributed by atoms with Gasteiger partial charge >= 0.3 is 0 Å². The quantitative estimate of drug-likeness (QED) is 0.306.